The Hall–Kier alpha value is -2.69. The third kappa shape index (κ3) is 2.30. The van der Waals surface area contributed by atoms with Crippen molar-refractivity contribution >= 4 is 0 Å². The molecule has 19 heavy (non-hydrogen) atoms. The summed E-state index contributed by atoms with van der Waals surface area (Å²) < 4.78 is 5.24. The number of hydrogen-bond acceptors (Lipinski definition) is 5. The molecule has 5 heteroatoms. The molecule has 0 saturated heterocycles. The van der Waals surface area contributed by atoms with Crippen LogP contribution in [0.25, 0.3) is 22.8 Å². The van der Waals surface area contributed by atoms with Gasteiger partial charge in [-0.15, -0.1) is 0 Å². The average molecular weight is 253 g/mol. The van der Waals surface area contributed by atoms with Crippen molar-refractivity contribution in [3.8, 4) is 28.6 Å². The van der Waals surface area contributed by atoms with Crippen LogP contribution in [0.2, 0.25) is 0 Å². The highest BCUT2D eigenvalue weighted by atomic mass is 16.5. The number of aromatic hydroxyl groups is 1. The fourth-order valence-corrected chi connectivity index (χ4v) is 1.75. The normalized spacial score (nSPS) is 10.6. The Morgan fingerprint density at radius 2 is 1.84 bits per heavy atom. The van der Waals surface area contributed by atoms with E-state index in [2.05, 4.69) is 15.1 Å². The molecule has 94 valence electrons. The molecular weight excluding hydrogens is 242 g/mol. The third-order valence-electron chi connectivity index (χ3n) is 2.70. The van der Waals surface area contributed by atoms with E-state index in [0.29, 0.717) is 11.7 Å². The minimum Gasteiger partial charge on any atom is -0.508 e. The molecular formula is C14H11N3O2. The Morgan fingerprint density at radius 3 is 2.58 bits per heavy atom. The maximum Gasteiger partial charge on any atom is 0.258 e. The molecule has 0 saturated carbocycles. The van der Waals surface area contributed by atoms with Crippen LogP contribution in [0.15, 0.2) is 47.1 Å². The highest BCUT2D eigenvalue weighted by molar-refractivity contribution is 5.60. The number of phenolic OH excluding ortho intramolecular Hbond substituents is 1. The minimum atomic E-state index is 0.206. The highest BCUT2D eigenvalue weighted by Crippen LogP contribution is 2.23. The monoisotopic (exact) mass is 253 g/mol. The van der Waals surface area contributed by atoms with Gasteiger partial charge in [0.05, 0.1) is 0 Å². The van der Waals surface area contributed by atoms with E-state index in [1.54, 1.807) is 30.5 Å². The molecule has 3 rings (SSSR count). The van der Waals surface area contributed by atoms with Crippen LogP contribution in [0.3, 0.4) is 0 Å². The van der Waals surface area contributed by atoms with Gasteiger partial charge in [0, 0.05) is 23.0 Å². The maximum atomic E-state index is 9.25. The van der Waals surface area contributed by atoms with E-state index in [-0.39, 0.29) is 5.75 Å². The Bertz CT molecular complexity index is 705. The van der Waals surface area contributed by atoms with Crippen LogP contribution in [0.4, 0.5) is 0 Å². The minimum absolute atomic E-state index is 0.206. The second-order valence-electron chi connectivity index (χ2n) is 4.16. The van der Waals surface area contributed by atoms with Gasteiger partial charge in [0.15, 0.2) is 0 Å². The summed E-state index contributed by atoms with van der Waals surface area (Å²) in [4.78, 5) is 8.46. The molecule has 0 aliphatic carbocycles. The molecule has 0 atom stereocenters. The van der Waals surface area contributed by atoms with Crippen molar-refractivity contribution in [1.29, 1.82) is 0 Å². The first kappa shape index (κ1) is 11.4. The molecule has 3 aromatic rings. The zero-order valence-electron chi connectivity index (χ0n) is 10.2. The fraction of sp³-hybridized carbons (Fsp3) is 0.0714. The first-order valence-electron chi connectivity index (χ1n) is 5.78. The molecule has 0 amide bonds. The van der Waals surface area contributed by atoms with E-state index in [1.165, 1.54) is 0 Å². The molecule has 0 bridgehead atoms. The van der Waals surface area contributed by atoms with Crippen LogP contribution in [-0.4, -0.2) is 20.2 Å². The SMILES string of the molecule is Cc1cc(-c2nc(-c3ccc(O)cc3)no2)ccn1. The van der Waals surface area contributed by atoms with Gasteiger partial charge in [0.1, 0.15) is 5.75 Å². The van der Waals surface area contributed by atoms with Crippen molar-refractivity contribution in [1.82, 2.24) is 15.1 Å². The molecule has 1 N–H and O–H groups in total. The summed E-state index contributed by atoms with van der Waals surface area (Å²) in [5.41, 5.74) is 2.52. The van der Waals surface area contributed by atoms with E-state index in [0.717, 1.165) is 16.8 Å². The summed E-state index contributed by atoms with van der Waals surface area (Å²) in [7, 11) is 0. The van der Waals surface area contributed by atoms with Gasteiger partial charge in [0.25, 0.3) is 5.89 Å². The Morgan fingerprint density at radius 1 is 1.05 bits per heavy atom. The van der Waals surface area contributed by atoms with Gasteiger partial charge >= 0.3 is 0 Å². The summed E-state index contributed by atoms with van der Waals surface area (Å²) in [6.45, 7) is 1.90. The highest BCUT2D eigenvalue weighted by Gasteiger charge is 2.10. The van der Waals surface area contributed by atoms with E-state index in [9.17, 15) is 5.11 Å². The molecule has 2 heterocycles. The van der Waals surface area contributed by atoms with E-state index >= 15 is 0 Å². The first-order chi connectivity index (χ1) is 9.22. The Kier molecular flexibility index (Phi) is 2.72. The standard InChI is InChI=1S/C14H11N3O2/c1-9-8-11(6-7-15-9)14-16-13(17-19-14)10-2-4-12(18)5-3-10/h2-8,18H,1H3. The lowest BCUT2D eigenvalue weighted by Crippen LogP contribution is -1.83. The van der Waals surface area contributed by atoms with Crippen molar-refractivity contribution in [3.05, 3.63) is 48.3 Å². The molecule has 0 spiro atoms. The molecule has 5 nitrogen and oxygen atoms in total. The van der Waals surface area contributed by atoms with Crippen molar-refractivity contribution in [2.75, 3.05) is 0 Å². The average Bonchev–Trinajstić information content (AvgIpc) is 2.89. The second-order valence-corrected chi connectivity index (χ2v) is 4.16. The predicted molar refractivity (Wildman–Crippen MR) is 69.4 cm³/mol. The summed E-state index contributed by atoms with van der Waals surface area (Å²) in [5, 5.41) is 13.2. The molecule has 2 aromatic heterocycles. The maximum absolute atomic E-state index is 9.25. The zero-order chi connectivity index (χ0) is 13.2. The molecule has 1 aromatic carbocycles. The topological polar surface area (TPSA) is 72.0 Å². The van der Waals surface area contributed by atoms with Crippen LogP contribution >= 0.6 is 0 Å². The second kappa shape index (κ2) is 4.53. The summed E-state index contributed by atoms with van der Waals surface area (Å²) in [5.74, 6) is 1.15. The largest absolute Gasteiger partial charge is 0.508 e. The lowest BCUT2D eigenvalue weighted by Gasteiger charge is -1.95. The van der Waals surface area contributed by atoms with Crippen molar-refractivity contribution in [2.24, 2.45) is 0 Å². The molecule has 0 unspecified atom stereocenters. The van der Waals surface area contributed by atoms with Crippen LogP contribution in [0, 0.1) is 6.92 Å². The van der Waals surface area contributed by atoms with E-state index in [4.69, 9.17) is 4.52 Å². The number of rotatable bonds is 2. The molecule has 0 radical (unpaired) electrons. The van der Waals surface area contributed by atoms with Gasteiger partial charge in [-0.05, 0) is 43.3 Å². The van der Waals surface area contributed by atoms with E-state index < -0.39 is 0 Å². The van der Waals surface area contributed by atoms with Crippen molar-refractivity contribution in [3.63, 3.8) is 0 Å². The first-order valence-corrected chi connectivity index (χ1v) is 5.78. The zero-order valence-corrected chi connectivity index (χ0v) is 10.2. The molecule has 0 aliphatic rings. The number of aromatic nitrogens is 3. The summed E-state index contributed by atoms with van der Waals surface area (Å²) >= 11 is 0. The number of pyridine rings is 1. The van der Waals surface area contributed by atoms with Gasteiger partial charge in [0.2, 0.25) is 5.82 Å². The number of aryl methyl sites for hydroxylation is 1. The smallest absolute Gasteiger partial charge is 0.258 e. The van der Waals surface area contributed by atoms with Crippen molar-refractivity contribution < 1.29 is 9.63 Å². The van der Waals surface area contributed by atoms with Gasteiger partial charge in [-0.3, -0.25) is 4.98 Å². The summed E-state index contributed by atoms with van der Waals surface area (Å²) in [6, 6.07) is 10.3. The van der Waals surface area contributed by atoms with Gasteiger partial charge in [-0.25, -0.2) is 0 Å². The lowest BCUT2D eigenvalue weighted by atomic mass is 10.2. The number of hydrogen-bond donors (Lipinski definition) is 1. The fourth-order valence-electron chi connectivity index (χ4n) is 1.75. The lowest BCUT2D eigenvalue weighted by molar-refractivity contribution is 0.432. The van der Waals surface area contributed by atoms with Crippen molar-refractivity contribution in [2.45, 2.75) is 6.92 Å². The Labute approximate surface area is 109 Å². The van der Waals surface area contributed by atoms with Crippen LogP contribution < -0.4 is 0 Å². The molecule has 0 fully saturated rings. The third-order valence-corrected chi connectivity index (χ3v) is 2.70. The molecule has 0 aliphatic heterocycles. The number of phenols is 1. The van der Waals surface area contributed by atoms with Crippen LogP contribution in [-0.2, 0) is 0 Å². The number of nitrogens with zero attached hydrogens (tertiary/aromatic N) is 3. The Balaban J connectivity index is 1.97. The van der Waals surface area contributed by atoms with Gasteiger partial charge in [-0.2, -0.15) is 4.98 Å². The summed E-state index contributed by atoms with van der Waals surface area (Å²) in [6.07, 6.45) is 1.70. The quantitative estimate of drug-likeness (QED) is 0.760. The number of benzene rings is 1. The van der Waals surface area contributed by atoms with E-state index in [1.807, 2.05) is 19.1 Å². The van der Waals surface area contributed by atoms with Crippen LogP contribution in [0.1, 0.15) is 5.69 Å². The van der Waals surface area contributed by atoms with Crippen LogP contribution in [0.5, 0.6) is 5.75 Å². The van der Waals surface area contributed by atoms with Gasteiger partial charge in [-0.1, -0.05) is 5.16 Å². The predicted octanol–water partition coefficient (Wildman–Crippen LogP) is 2.81. The van der Waals surface area contributed by atoms with Gasteiger partial charge < -0.3 is 9.63 Å².